The Morgan fingerprint density at radius 3 is 2.78 bits per heavy atom. The summed E-state index contributed by atoms with van der Waals surface area (Å²) < 4.78 is 14.6. The van der Waals surface area contributed by atoms with Gasteiger partial charge in [-0.15, -0.1) is 11.8 Å². The van der Waals surface area contributed by atoms with Crippen molar-refractivity contribution < 1.29 is 14.3 Å². The van der Waals surface area contributed by atoms with Gasteiger partial charge in [0.1, 0.15) is 11.9 Å². The summed E-state index contributed by atoms with van der Waals surface area (Å²) in [5.74, 6) is -0.867. The topological polar surface area (TPSA) is 40.5 Å². The number of piperidine rings is 1. The number of carbonyl (C=O) groups is 1. The first-order valence-corrected chi connectivity index (χ1v) is 8.76. The van der Waals surface area contributed by atoms with Crippen molar-refractivity contribution >= 4 is 23.4 Å². The summed E-state index contributed by atoms with van der Waals surface area (Å²) >= 11 is 1.61. The van der Waals surface area contributed by atoms with Gasteiger partial charge in [-0.2, -0.15) is 0 Å². The van der Waals surface area contributed by atoms with Gasteiger partial charge in [-0.3, -0.25) is 4.79 Å². The lowest BCUT2D eigenvalue weighted by molar-refractivity contribution is -0.128. The lowest BCUT2D eigenvalue weighted by atomic mass is 10.0. The van der Waals surface area contributed by atoms with Crippen molar-refractivity contribution in [2.24, 2.45) is 0 Å². The van der Waals surface area contributed by atoms with E-state index >= 15 is 0 Å². The van der Waals surface area contributed by atoms with Crippen LogP contribution in [0, 0.1) is 5.82 Å². The number of hydrogen-bond acceptors (Lipinski definition) is 3. The van der Waals surface area contributed by atoms with E-state index in [1.807, 2.05) is 36.6 Å². The zero-order chi connectivity index (χ0) is 16.4. The van der Waals surface area contributed by atoms with Crippen molar-refractivity contribution in [3.63, 3.8) is 0 Å². The highest BCUT2D eigenvalue weighted by Crippen LogP contribution is 2.33. The second-order valence-electron chi connectivity index (χ2n) is 5.51. The summed E-state index contributed by atoms with van der Waals surface area (Å²) in [6.07, 6.45) is 2.07. The van der Waals surface area contributed by atoms with Crippen LogP contribution in [0.4, 0.5) is 10.1 Å². The summed E-state index contributed by atoms with van der Waals surface area (Å²) in [4.78, 5) is 14.5. The molecule has 1 unspecified atom stereocenters. The molecule has 0 aliphatic carbocycles. The third kappa shape index (κ3) is 3.12. The number of rotatable bonds is 3. The summed E-state index contributed by atoms with van der Waals surface area (Å²) in [7, 11) is 0. The summed E-state index contributed by atoms with van der Waals surface area (Å²) in [6.45, 7) is 0.438. The Balaban J connectivity index is 1.96. The smallest absolute Gasteiger partial charge is 0.255 e. The Morgan fingerprint density at radius 2 is 2.04 bits per heavy atom. The molecule has 23 heavy (non-hydrogen) atoms. The zero-order valence-electron chi connectivity index (χ0n) is 12.8. The van der Waals surface area contributed by atoms with Crippen molar-refractivity contribution in [1.29, 1.82) is 0 Å². The highest BCUT2D eigenvalue weighted by atomic mass is 32.2. The number of amides is 1. The Morgan fingerprint density at radius 1 is 1.26 bits per heavy atom. The summed E-state index contributed by atoms with van der Waals surface area (Å²) in [5, 5.41) is 9.68. The normalized spacial score (nSPS) is 18.3. The third-order valence-corrected chi connectivity index (χ3v) is 4.86. The molecule has 1 heterocycles. The van der Waals surface area contributed by atoms with Gasteiger partial charge in [0.05, 0.1) is 5.69 Å². The van der Waals surface area contributed by atoms with Crippen LogP contribution in [0.3, 0.4) is 0 Å². The molecular weight excluding hydrogens is 313 g/mol. The molecule has 1 amide bonds. The lowest BCUT2D eigenvalue weighted by Crippen LogP contribution is -2.44. The molecule has 0 aromatic heterocycles. The average Bonchev–Trinajstić information content (AvgIpc) is 2.57. The highest BCUT2D eigenvalue weighted by Gasteiger charge is 2.29. The van der Waals surface area contributed by atoms with E-state index in [0.29, 0.717) is 19.4 Å². The van der Waals surface area contributed by atoms with E-state index in [9.17, 15) is 14.3 Å². The molecule has 2 aromatic carbocycles. The lowest BCUT2D eigenvalue weighted by Gasteiger charge is -2.30. The van der Waals surface area contributed by atoms with Gasteiger partial charge in [0.15, 0.2) is 0 Å². The van der Waals surface area contributed by atoms with Gasteiger partial charge >= 0.3 is 0 Å². The van der Waals surface area contributed by atoms with E-state index in [0.717, 1.165) is 16.0 Å². The van der Waals surface area contributed by atoms with Crippen LogP contribution in [-0.2, 0) is 4.79 Å². The first-order chi connectivity index (χ1) is 11.1. The fraction of sp³-hybridized carbons (Fsp3) is 0.278. The third-order valence-electron chi connectivity index (χ3n) is 4.07. The molecule has 0 radical (unpaired) electrons. The number of carbonyl (C=O) groups excluding carboxylic acids is 1. The van der Waals surface area contributed by atoms with E-state index in [1.54, 1.807) is 17.8 Å². The molecular formula is C18H18FNO2S. The first-order valence-electron chi connectivity index (χ1n) is 7.54. The molecule has 1 aliphatic heterocycles. The minimum atomic E-state index is -1.03. The quantitative estimate of drug-likeness (QED) is 0.872. The Hall–Kier alpha value is -1.85. The number of anilines is 1. The summed E-state index contributed by atoms with van der Waals surface area (Å²) in [6, 6.07) is 12.7. The van der Waals surface area contributed by atoms with Crippen LogP contribution in [0.1, 0.15) is 12.8 Å². The van der Waals surface area contributed by atoms with Crippen LogP contribution in [0.25, 0.3) is 11.1 Å². The Labute approximate surface area is 139 Å². The minimum Gasteiger partial charge on any atom is -0.383 e. The van der Waals surface area contributed by atoms with Gasteiger partial charge in [-0.25, -0.2) is 4.39 Å². The number of benzene rings is 2. The molecule has 0 bridgehead atoms. The molecule has 0 spiro atoms. The Kier molecular flexibility index (Phi) is 4.68. The van der Waals surface area contributed by atoms with E-state index < -0.39 is 17.8 Å². The van der Waals surface area contributed by atoms with Crippen LogP contribution in [0.15, 0.2) is 47.4 Å². The number of aliphatic hydroxyl groups is 1. The van der Waals surface area contributed by atoms with E-state index in [4.69, 9.17) is 0 Å². The fourth-order valence-corrected chi connectivity index (χ4v) is 3.49. The van der Waals surface area contributed by atoms with Crippen molar-refractivity contribution in [2.45, 2.75) is 23.8 Å². The number of halogens is 1. The highest BCUT2D eigenvalue weighted by molar-refractivity contribution is 7.98. The van der Waals surface area contributed by atoms with Crippen LogP contribution < -0.4 is 4.90 Å². The number of hydrogen-bond donors (Lipinski definition) is 1. The van der Waals surface area contributed by atoms with Crippen molar-refractivity contribution in [1.82, 2.24) is 0 Å². The average molecular weight is 331 g/mol. The van der Waals surface area contributed by atoms with Gasteiger partial charge in [0, 0.05) is 11.4 Å². The predicted molar refractivity (Wildman–Crippen MR) is 91.2 cm³/mol. The monoisotopic (exact) mass is 331 g/mol. The molecule has 3 nitrogen and oxygen atoms in total. The van der Waals surface area contributed by atoms with Crippen LogP contribution in [0.2, 0.25) is 0 Å². The van der Waals surface area contributed by atoms with Gasteiger partial charge in [0.2, 0.25) is 0 Å². The standard InChI is InChI=1S/C18H18FNO2S/c1-23-17-7-3-2-5-13(17)12-8-9-15(14(19)11-12)20-10-4-6-16(21)18(20)22/h2-3,5,7-9,11,16,21H,4,6,10H2,1H3. The molecule has 5 heteroatoms. The predicted octanol–water partition coefficient (Wildman–Crippen LogP) is 3.70. The number of nitrogens with zero attached hydrogens (tertiary/aromatic N) is 1. The van der Waals surface area contributed by atoms with E-state index in [-0.39, 0.29) is 5.69 Å². The molecule has 3 rings (SSSR count). The van der Waals surface area contributed by atoms with Gasteiger partial charge < -0.3 is 10.0 Å². The summed E-state index contributed by atoms with van der Waals surface area (Å²) in [5.41, 5.74) is 1.98. The maximum Gasteiger partial charge on any atom is 0.255 e. The molecule has 1 fully saturated rings. The molecule has 2 aromatic rings. The van der Waals surface area contributed by atoms with Crippen LogP contribution in [0.5, 0.6) is 0 Å². The second-order valence-corrected chi connectivity index (χ2v) is 6.36. The molecule has 1 atom stereocenters. The molecule has 120 valence electrons. The maximum atomic E-state index is 14.6. The SMILES string of the molecule is CSc1ccccc1-c1ccc(N2CCCC(O)C2=O)c(F)c1. The fourth-order valence-electron chi connectivity index (χ4n) is 2.87. The largest absolute Gasteiger partial charge is 0.383 e. The van der Waals surface area contributed by atoms with Gasteiger partial charge in [-0.1, -0.05) is 24.3 Å². The van der Waals surface area contributed by atoms with E-state index in [2.05, 4.69) is 0 Å². The van der Waals surface area contributed by atoms with Crippen molar-refractivity contribution in [2.75, 3.05) is 17.7 Å². The first kappa shape index (κ1) is 16.0. The molecule has 1 saturated heterocycles. The molecule has 0 saturated carbocycles. The molecule has 1 N–H and O–H groups in total. The van der Waals surface area contributed by atoms with Crippen molar-refractivity contribution in [3.8, 4) is 11.1 Å². The number of aliphatic hydroxyl groups excluding tert-OH is 1. The van der Waals surface area contributed by atoms with Crippen LogP contribution >= 0.6 is 11.8 Å². The maximum absolute atomic E-state index is 14.6. The minimum absolute atomic E-state index is 0.235. The van der Waals surface area contributed by atoms with E-state index in [1.165, 1.54) is 11.0 Å². The zero-order valence-corrected chi connectivity index (χ0v) is 13.6. The van der Waals surface area contributed by atoms with Crippen LogP contribution in [-0.4, -0.2) is 29.9 Å². The Bertz CT molecular complexity index is 735. The van der Waals surface area contributed by atoms with Gasteiger partial charge in [-0.05, 0) is 48.4 Å². The van der Waals surface area contributed by atoms with Gasteiger partial charge in [0.25, 0.3) is 5.91 Å². The number of thioether (sulfide) groups is 1. The second kappa shape index (κ2) is 6.72. The van der Waals surface area contributed by atoms with Crippen molar-refractivity contribution in [3.05, 3.63) is 48.3 Å². The molecule has 1 aliphatic rings.